The molecule has 0 bridgehead atoms. The number of carboxylic acids is 1. The van der Waals surface area contributed by atoms with Gasteiger partial charge in [-0.05, 0) is 32.1 Å². The summed E-state index contributed by atoms with van der Waals surface area (Å²) in [5, 5.41) is 8.55. The zero-order chi connectivity index (χ0) is 17.7. The van der Waals surface area contributed by atoms with Crippen molar-refractivity contribution in [3.05, 3.63) is 12.2 Å². The van der Waals surface area contributed by atoms with E-state index in [1.807, 2.05) is 0 Å². The minimum atomic E-state index is -0.656. The van der Waals surface area contributed by atoms with Crippen LogP contribution in [0.3, 0.4) is 0 Å². The molecule has 0 spiro atoms. The zero-order valence-electron chi connectivity index (χ0n) is 16.2. The van der Waals surface area contributed by atoms with E-state index >= 15 is 0 Å². The number of unbranched alkanes of at least 4 members (excludes halogenated alkanes) is 15. The maximum absolute atomic E-state index is 10.4. The summed E-state index contributed by atoms with van der Waals surface area (Å²) >= 11 is 0. The smallest absolute Gasteiger partial charge is 0.303 e. The molecule has 0 unspecified atom stereocenters. The number of aliphatic carboxylic acids is 1. The second-order valence-corrected chi connectivity index (χ2v) is 7.14. The second-order valence-electron chi connectivity index (χ2n) is 7.14. The van der Waals surface area contributed by atoms with Crippen molar-refractivity contribution >= 4 is 5.97 Å². The summed E-state index contributed by atoms with van der Waals surface area (Å²) in [6, 6.07) is 0. The molecule has 0 heterocycles. The van der Waals surface area contributed by atoms with E-state index in [1.165, 1.54) is 96.3 Å². The first kappa shape index (κ1) is 23.2. The molecule has 0 atom stereocenters. The normalized spacial score (nSPS) is 11.4. The molecule has 0 amide bonds. The van der Waals surface area contributed by atoms with Crippen LogP contribution in [-0.2, 0) is 4.79 Å². The molecule has 0 fully saturated rings. The molecule has 142 valence electrons. The van der Waals surface area contributed by atoms with Crippen molar-refractivity contribution < 1.29 is 9.90 Å². The van der Waals surface area contributed by atoms with Crippen molar-refractivity contribution in [2.75, 3.05) is 0 Å². The van der Waals surface area contributed by atoms with Crippen molar-refractivity contribution in [1.82, 2.24) is 0 Å². The highest BCUT2D eigenvalue weighted by Gasteiger charge is 1.96. The van der Waals surface area contributed by atoms with E-state index in [0.717, 1.165) is 12.8 Å². The molecule has 0 saturated carbocycles. The van der Waals surface area contributed by atoms with Gasteiger partial charge in [0, 0.05) is 6.42 Å². The van der Waals surface area contributed by atoms with Gasteiger partial charge in [0.05, 0.1) is 0 Å². The molecule has 2 heteroatoms. The molecule has 1 N–H and O–H groups in total. The van der Waals surface area contributed by atoms with E-state index in [4.69, 9.17) is 5.11 Å². The minimum Gasteiger partial charge on any atom is -0.481 e. The molecule has 2 nitrogen and oxygen atoms in total. The molecule has 0 radical (unpaired) electrons. The van der Waals surface area contributed by atoms with Gasteiger partial charge >= 0.3 is 5.97 Å². The van der Waals surface area contributed by atoms with Gasteiger partial charge in [0.1, 0.15) is 0 Å². The third-order valence-corrected chi connectivity index (χ3v) is 4.65. The summed E-state index contributed by atoms with van der Waals surface area (Å²) in [7, 11) is 0. The summed E-state index contributed by atoms with van der Waals surface area (Å²) in [5.41, 5.74) is 0. The number of carboxylic acid groups (broad SMARTS) is 1. The van der Waals surface area contributed by atoms with Crippen LogP contribution in [0, 0.1) is 0 Å². The van der Waals surface area contributed by atoms with Gasteiger partial charge in [-0.1, -0.05) is 96.1 Å². The Morgan fingerprint density at radius 3 is 1.83 bits per heavy atom. The van der Waals surface area contributed by atoms with Crippen molar-refractivity contribution in [2.45, 2.75) is 122 Å². The number of hydrogen-bond donors (Lipinski definition) is 1. The van der Waals surface area contributed by atoms with Gasteiger partial charge in [-0.15, -0.1) is 0 Å². The molecular weight excluding hydrogens is 298 g/mol. The van der Waals surface area contributed by atoms with Crippen LogP contribution in [0.2, 0.25) is 0 Å². The van der Waals surface area contributed by atoms with Gasteiger partial charge in [-0.3, -0.25) is 4.79 Å². The standard InChI is InChI=1S/C22H42O2/c1-2-3-4-5-6-7-8-9-10-11-12-13-14-15-16-17-18-19-20-21-22(23)24/h9-10H,2-8,11-21H2,1H3,(H,23,24)/b10-9-/i9+2. The largest absolute Gasteiger partial charge is 0.481 e. The molecule has 0 aliphatic rings. The van der Waals surface area contributed by atoms with E-state index in [9.17, 15) is 4.79 Å². The predicted octanol–water partition coefficient (Wildman–Crippen LogP) is 7.67. The summed E-state index contributed by atoms with van der Waals surface area (Å²) in [6.07, 6.45) is 27.1. The van der Waals surface area contributed by atoms with Crippen LogP contribution in [0.25, 0.3) is 0 Å². The van der Waals surface area contributed by atoms with E-state index in [-0.39, 0.29) is 0 Å². The van der Waals surface area contributed by atoms with E-state index < -0.39 is 5.97 Å². The SMILES string of the molecule is CCCCCCCC/[14CH]=C\CCCCCCCCCCCC(=O)O. The third-order valence-electron chi connectivity index (χ3n) is 4.65. The molecule has 0 aromatic rings. The van der Waals surface area contributed by atoms with E-state index in [0.29, 0.717) is 6.42 Å². The van der Waals surface area contributed by atoms with Crippen LogP contribution < -0.4 is 0 Å². The Kier molecular flexibility index (Phi) is 19.6. The lowest BCUT2D eigenvalue weighted by Crippen LogP contribution is -1.93. The summed E-state index contributed by atoms with van der Waals surface area (Å²) < 4.78 is 0. The Morgan fingerprint density at radius 1 is 0.750 bits per heavy atom. The maximum Gasteiger partial charge on any atom is 0.303 e. The Morgan fingerprint density at radius 2 is 1.25 bits per heavy atom. The highest BCUT2D eigenvalue weighted by molar-refractivity contribution is 5.66. The quantitative estimate of drug-likeness (QED) is 0.193. The lowest BCUT2D eigenvalue weighted by Gasteiger charge is -2.01. The van der Waals surface area contributed by atoms with Crippen molar-refractivity contribution in [3.63, 3.8) is 0 Å². The van der Waals surface area contributed by atoms with Gasteiger partial charge in [-0.25, -0.2) is 0 Å². The monoisotopic (exact) mass is 340 g/mol. The van der Waals surface area contributed by atoms with Crippen molar-refractivity contribution in [2.24, 2.45) is 0 Å². The van der Waals surface area contributed by atoms with Gasteiger partial charge in [-0.2, -0.15) is 0 Å². The number of hydrogen-bond acceptors (Lipinski definition) is 1. The van der Waals surface area contributed by atoms with E-state index in [1.54, 1.807) is 0 Å². The molecule has 0 aliphatic carbocycles. The molecule has 0 aromatic carbocycles. The minimum absolute atomic E-state index is 0.340. The maximum atomic E-state index is 10.4. The number of allylic oxidation sites excluding steroid dienone is 2. The first-order valence-electron chi connectivity index (χ1n) is 10.6. The molecule has 24 heavy (non-hydrogen) atoms. The van der Waals surface area contributed by atoms with Gasteiger partial charge in [0.15, 0.2) is 0 Å². The lowest BCUT2D eigenvalue weighted by atomic mass is 10.1. The van der Waals surface area contributed by atoms with Crippen molar-refractivity contribution in [3.8, 4) is 0 Å². The van der Waals surface area contributed by atoms with Crippen LogP contribution in [0.1, 0.15) is 122 Å². The third kappa shape index (κ3) is 21.2. The molecule has 0 saturated heterocycles. The fraction of sp³-hybridized carbons (Fsp3) is 0.864. The first-order valence-corrected chi connectivity index (χ1v) is 10.6. The van der Waals surface area contributed by atoms with Gasteiger partial charge in [0.25, 0.3) is 0 Å². The molecule has 0 aromatic heterocycles. The Hall–Kier alpha value is -0.790. The highest BCUT2D eigenvalue weighted by atomic mass is 16.4. The predicted molar refractivity (Wildman–Crippen MR) is 106 cm³/mol. The average molecular weight is 341 g/mol. The highest BCUT2D eigenvalue weighted by Crippen LogP contribution is 2.12. The average Bonchev–Trinajstić information content (AvgIpc) is 2.56. The lowest BCUT2D eigenvalue weighted by molar-refractivity contribution is -0.137. The van der Waals surface area contributed by atoms with Crippen LogP contribution >= 0.6 is 0 Å². The topological polar surface area (TPSA) is 37.3 Å². The number of rotatable bonds is 19. The zero-order valence-corrected chi connectivity index (χ0v) is 16.2. The fourth-order valence-corrected chi connectivity index (χ4v) is 3.05. The van der Waals surface area contributed by atoms with Crippen LogP contribution in [0.4, 0.5) is 0 Å². The van der Waals surface area contributed by atoms with Gasteiger partial charge < -0.3 is 5.11 Å². The molecular formula is C22H42O2. The Bertz CT molecular complexity index is 284. The first-order chi connectivity index (χ1) is 11.8. The Labute approximate surface area is 151 Å². The van der Waals surface area contributed by atoms with E-state index in [2.05, 4.69) is 19.1 Å². The summed E-state index contributed by atoms with van der Waals surface area (Å²) in [5.74, 6) is -0.656. The van der Waals surface area contributed by atoms with Gasteiger partial charge in [0.2, 0.25) is 0 Å². The second kappa shape index (κ2) is 20.3. The molecule has 0 rings (SSSR count). The fourth-order valence-electron chi connectivity index (χ4n) is 3.05. The summed E-state index contributed by atoms with van der Waals surface area (Å²) in [6.45, 7) is 2.27. The van der Waals surface area contributed by atoms with Crippen LogP contribution in [0.5, 0.6) is 0 Å². The van der Waals surface area contributed by atoms with Crippen LogP contribution in [0.15, 0.2) is 12.2 Å². The summed E-state index contributed by atoms with van der Waals surface area (Å²) in [4.78, 5) is 10.4. The van der Waals surface area contributed by atoms with Crippen molar-refractivity contribution in [1.29, 1.82) is 0 Å². The molecule has 0 aliphatic heterocycles. The number of carbonyl (C=O) groups is 1. The Balaban J connectivity index is 3.06. The van der Waals surface area contributed by atoms with Crippen LogP contribution in [-0.4, -0.2) is 11.1 Å².